The van der Waals surface area contributed by atoms with Crippen LogP contribution >= 0.6 is 0 Å². The lowest BCUT2D eigenvalue weighted by Gasteiger charge is -2.15. The summed E-state index contributed by atoms with van der Waals surface area (Å²) in [6, 6.07) is 7.81. The second kappa shape index (κ2) is 7.74. The summed E-state index contributed by atoms with van der Waals surface area (Å²) < 4.78 is 16.8. The molecular formula is C20H25NO4. The molecule has 5 heteroatoms. The molecule has 1 amide bonds. The molecule has 0 aliphatic carbocycles. The molecule has 1 aromatic carbocycles. The van der Waals surface area contributed by atoms with Gasteiger partial charge in [0.2, 0.25) is 0 Å². The van der Waals surface area contributed by atoms with Crippen molar-refractivity contribution in [3.05, 3.63) is 52.5 Å². The van der Waals surface area contributed by atoms with Crippen LogP contribution in [0, 0.1) is 26.7 Å². The quantitative estimate of drug-likeness (QED) is 0.871. The van der Waals surface area contributed by atoms with Gasteiger partial charge in [-0.25, -0.2) is 0 Å². The van der Waals surface area contributed by atoms with E-state index >= 15 is 0 Å². The van der Waals surface area contributed by atoms with Crippen molar-refractivity contribution in [2.45, 2.75) is 33.7 Å². The Morgan fingerprint density at radius 2 is 2.12 bits per heavy atom. The maximum atomic E-state index is 12.4. The molecule has 134 valence electrons. The van der Waals surface area contributed by atoms with Gasteiger partial charge in [0.15, 0.2) is 0 Å². The van der Waals surface area contributed by atoms with Crippen molar-refractivity contribution < 1.29 is 18.7 Å². The third-order valence-electron chi connectivity index (χ3n) is 4.45. The number of amides is 1. The van der Waals surface area contributed by atoms with E-state index in [0.717, 1.165) is 42.3 Å². The van der Waals surface area contributed by atoms with Crippen molar-refractivity contribution in [2.24, 2.45) is 5.92 Å². The van der Waals surface area contributed by atoms with E-state index in [1.807, 2.05) is 32.0 Å². The van der Waals surface area contributed by atoms with E-state index < -0.39 is 0 Å². The Labute approximate surface area is 148 Å². The molecule has 2 aromatic rings. The van der Waals surface area contributed by atoms with Crippen LogP contribution in [0.3, 0.4) is 0 Å². The Bertz CT molecular complexity index is 744. The van der Waals surface area contributed by atoms with Gasteiger partial charge >= 0.3 is 0 Å². The van der Waals surface area contributed by atoms with Gasteiger partial charge in [0.1, 0.15) is 17.3 Å². The number of carbonyl (C=O) groups is 1. The fourth-order valence-electron chi connectivity index (χ4n) is 2.99. The lowest BCUT2D eigenvalue weighted by atomic mass is 10.1. The Balaban J connectivity index is 1.64. The number of aryl methyl sites for hydroxylation is 3. The van der Waals surface area contributed by atoms with Gasteiger partial charge in [-0.3, -0.25) is 4.79 Å². The van der Waals surface area contributed by atoms with E-state index in [4.69, 9.17) is 13.9 Å². The van der Waals surface area contributed by atoms with E-state index in [1.165, 1.54) is 0 Å². The second-order valence-corrected chi connectivity index (χ2v) is 6.66. The zero-order chi connectivity index (χ0) is 17.8. The lowest BCUT2D eigenvalue weighted by molar-refractivity contribution is 0.0949. The zero-order valence-corrected chi connectivity index (χ0v) is 15.1. The highest BCUT2D eigenvalue weighted by Crippen LogP contribution is 2.23. The van der Waals surface area contributed by atoms with Crippen LogP contribution in [0.1, 0.15) is 39.4 Å². The molecule has 0 saturated carbocycles. The number of carbonyl (C=O) groups excluding carboxylic acids is 1. The largest absolute Gasteiger partial charge is 0.493 e. The molecule has 0 radical (unpaired) electrons. The number of furan rings is 1. The predicted octanol–water partition coefficient (Wildman–Crippen LogP) is 3.55. The van der Waals surface area contributed by atoms with Crippen molar-refractivity contribution >= 4 is 5.91 Å². The van der Waals surface area contributed by atoms with E-state index in [9.17, 15) is 4.79 Å². The summed E-state index contributed by atoms with van der Waals surface area (Å²) in [6.45, 7) is 8.30. The van der Waals surface area contributed by atoms with Crippen molar-refractivity contribution in [1.82, 2.24) is 5.32 Å². The molecular weight excluding hydrogens is 318 g/mol. The van der Waals surface area contributed by atoms with Gasteiger partial charge in [-0.2, -0.15) is 0 Å². The number of hydrogen-bond acceptors (Lipinski definition) is 4. The molecule has 0 spiro atoms. The van der Waals surface area contributed by atoms with E-state index in [1.54, 1.807) is 13.0 Å². The van der Waals surface area contributed by atoms with Crippen LogP contribution in [0.15, 0.2) is 28.7 Å². The molecule has 5 nitrogen and oxygen atoms in total. The molecule has 0 bridgehead atoms. The van der Waals surface area contributed by atoms with Gasteiger partial charge in [-0.1, -0.05) is 12.1 Å². The molecule has 2 heterocycles. The monoisotopic (exact) mass is 343 g/mol. The molecule has 1 saturated heterocycles. The van der Waals surface area contributed by atoms with E-state index in [2.05, 4.69) is 5.32 Å². The molecule has 1 fully saturated rings. The standard InChI is InChI=1S/C20H25NO4/c1-13-4-5-17(19(8-13)24-12-16-6-7-23-11-16)10-21-20(22)18-9-14(2)25-15(18)3/h4-5,8-9,16H,6-7,10-12H2,1-3H3,(H,21,22). The van der Waals surface area contributed by atoms with Crippen molar-refractivity contribution in [1.29, 1.82) is 0 Å². The van der Waals surface area contributed by atoms with Gasteiger partial charge in [0, 0.05) is 24.6 Å². The average Bonchev–Trinajstić information content (AvgIpc) is 3.21. The first kappa shape index (κ1) is 17.5. The van der Waals surface area contributed by atoms with Gasteiger partial charge in [0.05, 0.1) is 18.8 Å². The van der Waals surface area contributed by atoms with Crippen molar-refractivity contribution in [2.75, 3.05) is 19.8 Å². The minimum atomic E-state index is -0.134. The van der Waals surface area contributed by atoms with Gasteiger partial charge in [-0.15, -0.1) is 0 Å². The number of hydrogen-bond donors (Lipinski definition) is 1. The maximum Gasteiger partial charge on any atom is 0.255 e. The molecule has 1 aromatic heterocycles. The molecule has 1 atom stereocenters. The van der Waals surface area contributed by atoms with Crippen molar-refractivity contribution in [3.63, 3.8) is 0 Å². The molecule has 3 rings (SSSR count). The summed E-state index contributed by atoms with van der Waals surface area (Å²) in [5.74, 6) is 2.51. The molecule has 1 unspecified atom stereocenters. The van der Waals surface area contributed by atoms with Crippen LogP contribution in [0.5, 0.6) is 5.75 Å². The first-order valence-corrected chi connectivity index (χ1v) is 8.68. The average molecular weight is 343 g/mol. The highest BCUT2D eigenvalue weighted by molar-refractivity contribution is 5.95. The SMILES string of the molecule is Cc1ccc(CNC(=O)c2cc(C)oc2C)c(OCC2CCOC2)c1. The first-order chi connectivity index (χ1) is 12.0. The Kier molecular flexibility index (Phi) is 5.43. The first-order valence-electron chi connectivity index (χ1n) is 8.68. The topological polar surface area (TPSA) is 60.7 Å². The molecule has 25 heavy (non-hydrogen) atoms. The fraction of sp³-hybridized carbons (Fsp3) is 0.450. The summed E-state index contributed by atoms with van der Waals surface area (Å²) >= 11 is 0. The van der Waals surface area contributed by atoms with Crippen molar-refractivity contribution in [3.8, 4) is 5.75 Å². The second-order valence-electron chi connectivity index (χ2n) is 6.66. The summed E-state index contributed by atoms with van der Waals surface area (Å²) in [5, 5.41) is 2.95. The van der Waals surface area contributed by atoms with Crippen LogP contribution < -0.4 is 10.1 Å². The molecule has 1 N–H and O–H groups in total. The highest BCUT2D eigenvalue weighted by atomic mass is 16.5. The Morgan fingerprint density at radius 1 is 1.28 bits per heavy atom. The van der Waals surface area contributed by atoms with E-state index in [-0.39, 0.29) is 5.91 Å². The predicted molar refractivity (Wildman–Crippen MR) is 95.0 cm³/mol. The van der Waals surface area contributed by atoms with Crippen LogP contribution in [0.2, 0.25) is 0 Å². The maximum absolute atomic E-state index is 12.4. The van der Waals surface area contributed by atoms with Gasteiger partial charge in [-0.05, 0) is 44.9 Å². The molecule has 1 aliphatic rings. The summed E-state index contributed by atoms with van der Waals surface area (Å²) in [7, 11) is 0. The number of rotatable bonds is 6. The zero-order valence-electron chi connectivity index (χ0n) is 15.1. The third kappa shape index (κ3) is 4.42. The summed E-state index contributed by atoms with van der Waals surface area (Å²) in [5.41, 5.74) is 2.68. The summed E-state index contributed by atoms with van der Waals surface area (Å²) in [6.07, 6.45) is 1.04. The molecule has 1 aliphatic heterocycles. The minimum absolute atomic E-state index is 0.134. The Morgan fingerprint density at radius 3 is 2.80 bits per heavy atom. The van der Waals surface area contributed by atoms with Crippen LogP contribution in [0.4, 0.5) is 0 Å². The highest BCUT2D eigenvalue weighted by Gasteiger charge is 2.18. The third-order valence-corrected chi connectivity index (χ3v) is 4.45. The normalized spacial score (nSPS) is 16.8. The van der Waals surface area contributed by atoms with Crippen LogP contribution in [-0.2, 0) is 11.3 Å². The van der Waals surface area contributed by atoms with E-state index in [0.29, 0.717) is 30.4 Å². The number of nitrogens with one attached hydrogen (secondary N) is 1. The minimum Gasteiger partial charge on any atom is -0.493 e. The smallest absolute Gasteiger partial charge is 0.255 e. The van der Waals surface area contributed by atoms with Crippen LogP contribution in [0.25, 0.3) is 0 Å². The lowest BCUT2D eigenvalue weighted by Crippen LogP contribution is -2.23. The van der Waals surface area contributed by atoms with Gasteiger partial charge < -0.3 is 19.2 Å². The Hall–Kier alpha value is -2.27. The van der Waals surface area contributed by atoms with Gasteiger partial charge in [0.25, 0.3) is 5.91 Å². The summed E-state index contributed by atoms with van der Waals surface area (Å²) in [4.78, 5) is 12.4. The number of benzene rings is 1. The van der Waals surface area contributed by atoms with Crippen LogP contribution in [-0.4, -0.2) is 25.7 Å². The fourth-order valence-corrected chi connectivity index (χ4v) is 2.99. The number of ether oxygens (including phenoxy) is 2.